The van der Waals surface area contributed by atoms with Crippen LogP contribution in [0.1, 0.15) is 47.1 Å². The van der Waals surface area contributed by atoms with E-state index in [0.29, 0.717) is 11.1 Å². The Balaban J connectivity index is 2.29. The normalized spacial score (nSPS) is 11.1. The Labute approximate surface area is 129 Å². The molecule has 0 aliphatic heterocycles. The van der Waals surface area contributed by atoms with E-state index in [1.165, 1.54) is 17.5 Å². The predicted molar refractivity (Wildman–Crippen MR) is 83.3 cm³/mol. The van der Waals surface area contributed by atoms with Crippen LogP contribution in [-0.4, -0.2) is 22.4 Å². The summed E-state index contributed by atoms with van der Waals surface area (Å²) in [5, 5.41) is 1.35. The summed E-state index contributed by atoms with van der Waals surface area (Å²) >= 11 is 0. The molecule has 0 spiro atoms. The summed E-state index contributed by atoms with van der Waals surface area (Å²) in [7, 11) is 0. The highest BCUT2D eigenvalue weighted by atomic mass is 16.3. The lowest BCUT2D eigenvalue weighted by Crippen LogP contribution is -2.56. The molecule has 5 heteroatoms. The largest absolute Gasteiger partial charge is 0.472 e. The van der Waals surface area contributed by atoms with Gasteiger partial charge in [-0.3, -0.25) is 15.0 Å². The summed E-state index contributed by atoms with van der Waals surface area (Å²) < 4.78 is 4.90. The number of hydrogen-bond donors (Lipinski definition) is 1. The minimum atomic E-state index is -0.571. The van der Waals surface area contributed by atoms with Crippen LogP contribution >= 0.6 is 0 Å². The lowest BCUT2D eigenvalue weighted by molar-refractivity contribution is 0.0357. The first-order chi connectivity index (χ1) is 10.3. The second-order valence-corrected chi connectivity index (χ2v) is 6.08. The Hall–Kier alpha value is -2.56. The Bertz CT molecular complexity index is 669. The molecule has 2 amide bonds. The van der Waals surface area contributed by atoms with Crippen LogP contribution in [0.15, 0.2) is 47.3 Å². The molecule has 1 aromatic carbocycles. The molecule has 22 heavy (non-hydrogen) atoms. The molecule has 0 fully saturated rings. The molecule has 0 unspecified atom stereocenters. The van der Waals surface area contributed by atoms with Crippen LogP contribution in [0, 0.1) is 6.92 Å². The Morgan fingerprint density at radius 2 is 1.82 bits per heavy atom. The van der Waals surface area contributed by atoms with Crippen LogP contribution in [0.4, 0.5) is 0 Å². The zero-order valence-corrected chi connectivity index (χ0v) is 13.2. The number of nitrogens with zero attached hydrogens (tertiary/aromatic N) is 1. The number of furan rings is 1. The van der Waals surface area contributed by atoms with Gasteiger partial charge in [0.25, 0.3) is 11.8 Å². The number of carbonyl (C=O) groups excluding carboxylic acids is 2. The molecule has 1 N–H and O–H groups in total. The average molecular weight is 300 g/mol. The summed E-state index contributed by atoms with van der Waals surface area (Å²) in [5.74, 6) is -0.631. The minimum absolute atomic E-state index is 0.248. The second-order valence-electron chi connectivity index (χ2n) is 6.08. The minimum Gasteiger partial charge on any atom is -0.472 e. The maximum absolute atomic E-state index is 12.8. The molecule has 0 saturated carbocycles. The predicted octanol–water partition coefficient (Wildman–Crippen LogP) is 3.17. The van der Waals surface area contributed by atoms with Gasteiger partial charge in [-0.05, 0) is 45.4 Å². The lowest BCUT2D eigenvalue weighted by Gasteiger charge is -2.35. The Morgan fingerprint density at radius 1 is 1.14 bits per heavy atom. The van der Waals surface area contributed by atoms with Gasteiger partial charge in [-0.2, -0.15) is 0 Å². The molecule has 0 radical (unpaired) electrons. The number of hydrogen-bond acceptors (Lipinski definition) is 3. The fourth-order valence-electron chi connectivity index (χ4n) is 2.02. The summed E-state index contributed by atoms with van der Waals surface area (Å²) in [6, 6.07) is 8.84. The van der Waals surface area contributed by atoms with Crippen LogP contribution < -0.4 is 5.43 Å². The molecule has 2 aromatic rings. The van der Waals surface area contributed by atoms with Gasteiger partial charge in [-0.1, -0.05) is 18.2 Å². The van der Waals surface area contributed by atoms with Crippen molar-refractivity contribution < 1.29 is 14.0 Å². The van der Waals surface area contributed by atoms with E-state index in [1.807, 2.05) is 39.8 Å². The third-order valence-electron chi connectivity index (χ3n) is 3.25. The van der Waals surface area contributed by atoms with Crippen LogP contribution in [0.3, 0.4) is 0 Å². The van der Waals surface area contributed by atoms with Crippen LogP contribution in [0.2, 0.25) is 0 Å². The van der Waals surface area contributed by atoms with Crippen LogP contribution in [-0.2, 0) is 0 Å². The zero-order valence-electron chi connectivity index (χ0n) is 13.2. The first-order valence-corrected chi connectivity index (χ1v) is 7.04. The molecule has 0 bridgehead atoms. The van der Waals surface area contributed by atoms with Crippen molar-refractivity contribution in [3.63, 3.8) is 0 Å². The monoisotopic (exact) mass is 300 g/mol. The van der Waals surface area contributed by atoms with Crippen molar-refractivity contribution in [1.29, 1.82) is 0 Å². The van der Waals surface area contributed by atoms with Crippen molar-refractivity contribution in [3.8, 4) is 0 Å². The molecule has 5 nitrogen and oxygen atoms in total. The molecule has 0 saturated heterocycles. The van der Waals surface area contributed by atoms with Gasteiger partial charge in [0.15, 0.2) is 0 Å². The third kappa shape index (κ3) is 3.36. The first kappa shape index (κ1) is 15.8. The second kappa shape index (κ2) is 6.05. The van der Waals surface area contributed by atoms with Gasteiger partial charge >= 0.3 is 0 Å². The van der Waals surface area contributed by atoms with E-state index >= 15 is 0 Å². The van der Waals surface area contributed by atoms with E-state index in [2.05, 4.69) is 5.43 Å². The van der Waals surface area contributed by atoms with E-state index in [0.717, 1.165) is 5.56 Å². The maximum atomic E-state index is 12.8. The number of nitrogens with one attached hydrogen (secondary N) is 1. The SMILES string of the molecule is Cc1ccccc1C(=O)N(NC(=O)c1ccoc1)C(C)(C)C. The van der Waals surface area contributed by atoms with Crippen molar-refractivity contribution >= 4 is 11.8 Å². The molecule has 2 rings (SSSR count). The summed E-state index contributed by atoms with van der Waals surface area (Å²) in [6.07, 6.45) is 2.76. The van der Waals surface area contributed by atoms with E-state index in [4.69, 9.17) is 4.42 Å². The molecule has 0 atom stereocenters. The van der Waals surface area contributed by atoms with E-state index in [1.54, 1.807) is 18.2 Å². The summed E-state index contributed by atoms with van der Waals surface area (Å²) in [5.41, 5.74) is 3.89. The number of carbonyl (C=O) groups is 2. The summed E-state index contributed by atoms with van der Waals surface area (Å²) in [4.78, 5) is 25.0. The number of aryl methyl sites for hydroxylation is 1. The van der Waals surface area contributed by atoms with Crippen molar-refractivity contribution in [1.82, 2.24) is 10.4 Å². The highest BCUT2D eigenvalue weighted by molar-refractivity contribution is 6.00. The molecule has 1 heterocycles. The van der Waals surface area contributed by atoms with Crippen molar-refractivity contribution in [2.24, 2.45) is 0 Å². The lowest BCUT2D eigenvalue weighted by atomic mass is 10.0. The number of benzene rings is 1. The van der Waals surface area contributed by atoms with E-state index in [-0.39, 0.29) is 11.8 Å². The standard InChI is InChI=1S/C17H20N2O3/c1-12-7-5-6-8-14(12)16(21)19(17(2,3)4)18-15(20)13-9-10-22-11-13/h5-11H,1-4H3,(H,18,20). The van der Waals surface area contributed by atoms with Crippen molar-refractivity contribution in [2.45, 2.75) is 33.2 Å². The van der Waals surface area contributed by atoms with E-state index in [9.17, 15) is 9.59 Å². The summed E-state index contributed by atoms with van der Waals surface area (Å²) in [6.45, 7) is 7.45. The maximum Gasteiger partial charge on any atom is 0.273 e. The molecule has 0 aliphatic rings. The van der Waals surface area contributed by atoms with Crippen molar-refractivity contribution in [3.05, 3.63) is 59.5 Å². The van der Waals surface area contributed by atoms with Gasteiger partial charge in [0.2, 0.25) is 0 Å². The van der Waals surface area contributed by atoms with Gasteiger partial charge in [-0.25, -0.2) is 5.01 Å². The number of rotatable bonds is 2. The third-order valence-corrected chi connectivity index (χ3v) is 3.25. The van der Waals surface area contributed by atoms with Gasteiger partial charge in [0.1, 0.15) is 6.26 Å². The molecule has 0 aliphatic carbocycles. The fourth-order valence-corrected chi connectivity index (χ4v) is 2.02. The van der Waals surface area contributed by atoms with Crippen LogP contribution in [0.5, 0.6) is 0 Å². The molecular weight excluding hydrogens is 280 g/mol. The average Bonchev–Trinajstić information content (AvgIpc) is 2.97. The molecule has 1 aromatic heterocycles. The zero-order chi connectivity index (χ0) is 16.3. The first-order valence-electron chi connectivity index (χ1n) is 7.04. The van der Waals surface area contributed by atoms with Gasteiger partial charge in [0.05, 0.1) is 17.4 Å². The Kier molecular flexibility index (Phi) is 4.35. The topological polar surface area (TPSA) is 62.6 Å². The highest BCUT2D eigenvalue weighted by Gasteiger charge is 2.30. The highest BCUT2D eigenvalue weighted by Crippen LogP contribution is 2.18. The van der Waals surface area contributed by atoms with Gasteiger partial charge in [-0.15, -0.1) is 0 Å². The number of amides is 2. The smallest absolute Gasteiger partial charge is 0.273 e. The number of hydrazine groups is 1. The molecule has 116 valence electrons. The quantitative estimate of drug-likeness (QED) is 0.866. The fraction of sp³-hybridized carbons (Fsp3) is 0.294. The van der Waals surface area contributed by atoms with E-state index < -0.39 is 5.54 Å². The van der Waals surface area contributed by atoms with Crippen LogP contribution in [0.25, 0.3) is 0 Å². The molecular formula is C17H20N2O3. The Morgan fingerprint density at radius 3 is 2.36 bits per heavy atom. The van der Waals surface area contributed by atoms with Gasteiger partial charge in [0, 0.05) is 5.56 Å². The van der Waals surface area contributed by atoms with Gasteiger partial charge < -0.3 is 4.42 Å². The van der Waals surface area contributed by atoms with Crippen molar-refractivity contribution in [2.75, 3.05) is 0 Å².